The van der Waals surface area contributed by atoms with Crippen molar-refractivity contribution in [1.82, 2.24) is 5.32 Å². The second-order valence-electron chi connectivity index (χ2n) is 5.86. The molecule has 0 aliphatic carbocycles. The molecule has 0 bridgehead atoms. The number of amides is 1. The third kappa shape index (κ3) is 6.25. The molecule has 29 heavy (non-hydrogen) atoms. The normalized spacial score (nSPS) is 12.5. The highest BCUT2D eigenvalue weighted by Crippen LogP contribution is 2.37. The molecule has 2 rings (SSSR count). The minimum absolute atomic E-state index is 0.291. The van der Waals surface area contributed by atoms with Gasteiger partial charge in [-0.05, 0) is 24.3 Å². The second-order valence-corrected chi connectivity index (χ2v) is 7.43. The van der Waals surface area contributed by atoms with Crippen LogP contribution < -0.4 is 15.4 Å². The fourth-order valence-corrected chi connectivity index (χ4v) is 2.96. The second kappa shape index (κ2) is 8.48. The maximum atomic E-state index is 14.1. The lowest BCUT2D eigenvalue weighted by molar-refractivity contribution is -0.138. The number of carbonyl (C=O) groups excluding carboxylic acids is 1. The van der Waals surface area contributed by atoms with E-state index in [1.807, 2.05) is 5.32 Å². The maximum Gasteiger partial charge on any atom is 0.416 e. The minimum atomic E-state index is -4.80. The third-order valence-electron chi connectivity index (χ3n) is 3.66. The van der Waals surface area contributed by atoms with Gasteiger partial charge in [-0.2, -0.15) is 22.0 Å². The first-order chi connectivity index (χ1) is 13.3. The summed E-state index contributed by atoms with van der Waals surface area (Å²) >= 11 is 0. The number of para-hydroxylation sites is 1. The number of benzene rings is 2. The first-order valence-corrected chi connectivity index (χ1v) is 9.52. The molecule has 0 spiro atoms. The third-order valence-corrected chi connectivity index (χ3v) is 4.65. The van der Waals surface area contributed by atoms with Crippen LogP contribution in [0.15, 0.2) is 48.5 Å². The maximum absolute atomic E-state index is 14.1. The van der Waals surface area contributed by atoms with Crippen molar-refractivity contribution < 1.29 is 45.8 Å². The zero-order valence-corrected chi connectivity index (χ0v) is 15.4. The van der Waals surface area contributed by atoms with E-state index in [2.05, 4.69) is 0 Å². The van der Waals surface area contributed by atoms with Crippen LogP contribution in [0.4, 0.5) is 22.0 Å². The first-order valence-electron chi connectivity index (χ1n) is 7.91. The predicted octanol–water partition coefficient (Wildman–Crippen LogP) is 2.80. The fourth-order valence-electron chi connectivity index (χ4n) is 2.25. The molecule has 0 saturated carbocycles. The molecule has 0 aliphatic rings. The van der Waals surface area contributed by atoms with Gasteiger partial charge in [0, 0.05) is 5.56 Å². The topological polar surface area (TPSA) is 95.9 Å². The minimum Gasteiger partial charge on any atom is -0.483 e. The van der Waals surface area contributed by atoms with Gasteiger partial charge in [0.2, 0.25) is 0 Å². The molecule has 0 heterocycles. The van der Waals surface area contributed by atoms with Crippen LogP contribution in [0, 0.1) is 0 Å². The quantitative estimate of drug-likeness (QED) is 0.456. The highest BCUT2D eigenvalue weighted by atomic mass is 31.2. The number of carbonyl (C=O) groups is 1. The van der Waals surface area contributed by atoms with Crippen LogP contribution in [0.25, 0.3) is 0 Å². The van der Waals surface area contributed by atoms with Crippen molar-refractivity contribution in [2.75, 3.05) is 13.2 Å². The van der Waals surface area contributed by atoms with E-state index < -0.39 is 55.2 Å². The Kier molecular flexibility index (Phi) is 6.67. The lowest BCUT2D eigenvalue weighted by atomic mass is 10.0. The van der Waals surface area contributed by atoms with E-state index in [-0.39, 0.29) is 5.75 Å². The largest absolute Gasteiger partial charge is 0.483 e. The van der Waals surface area contributed by atoms with Gasteiger partial charge in [0.1, 0.15) is 11.1 Å². The van der Waals surface area contributed by atoms with E-state index in [1.165, 1.54) is 18.2 Å². The molecule has 2 aromatic carbocycles. The van der Waals surface area contributed by atoms with Crippen molar-refractivity contribution in [3.8, 4) is 5.75 Å². The van der Waals surface area contributed by atoms with E-state index in [1.54, 1.807) is 0 Å². The molecule has 158 valence electrons. The highest BCUT2D eigenvalue weighted by molar-refractivity contribution is 7.60. The Hall–Kier alpha value is -2.49. The number of rotatable bonds is 7. The van der Waals surface area contributed by atoms with Crippen LogP contribution in [0.5, 0.6) is 5.75 Å². The monoisotopic (exact) mass is 439 g/mol. The highest BCUT2D eigenvalue weighted by Gasteiger charge is 2.36. The van der Waals surface area contributed by atoms with E-state index in [0.29, 0.717) is 12.1 Å². The number of halogens is 5. The van der Waals surface area contributed by atoms with Gasteiger partial charge < -0.3 is 19.8 Å². The Morgan fingerprint density at radius 2 is 1.62 bits per heavy atom. The summed E-state index contributed by atoms with van der Waals surface area (Å²) in [5.74, 6) is -5.15. The summed E-state index contributed by atoms with van der Waals surface area (Å²) in [5, 5.41) is 1.33. The zero-order valence-electron chi connectivity index (χ0n) is 14.5. The van der Waals surface area contributed by atoms with Crippen LogP contribution in [0.2, 0.25) is 0 Å². The lowest BCUT2D eigenvalue weighted by Crippen LogP contribution is -2.37. The molecule has 2 aromatic rings. The number of alkyl halides is 5. The summed E-state index contributed by atoms with van der Waals surface area (Å²) in [4.78, 5) is 30.1. The van der Waals surface area contributed by atoms with E-state index in [4.69, 9.17) is 4.74 Å². The average Bonchev–Trinajstić information content (AvgIpc) is 2.64. The molecule has 0 saturated heterocycles. The summed E-state index contributed by atoms with van der Waals surface area (Å²) in [5.41, 5.74) is -2.18. The standard InChI is InChI=1S/C17H15F5NO5P/c18-16(19,11-4-3-5-12(8-11)17(20,21)22)10-23-15(24)9-28-13-6-1-2-7-14(13)29(25,26)27/h1-8H,9-10H2,(H,23,24)(H2,25,26,27). The van der Waals surface area contributed by atoms with Crippen LogP contribution in [0.3, 0.4) is 0 Å². The van der Waals surface area contributed by atoms with Crippen molar-refractivity contribution in [2.45, 2.75) is 12.1 Å². The first kappa shape index (κ1) is 22.8. The fraction of sp³-hybridized carbons (Fsp3) is 0.235. The van der Waals surface area contributed by atoms with Crippen LogP contribution in [-0.4, -0.2) is 28.8 Å². The molecule has 3 N–H and O–H groups in total. The Balaban J connectivity index is 2.00. The van der Waals surface area contributed by atoms with Crippen molar-refractivity contribution in [3.63, 3.8) is 0 Å². The van der Waals surface area contributed by atoms with Crippen LogP contribution in [0.1, 0.15) is 11.1 Å². The lowest BCUT2D eigenvalue weighted by Gasteiger charge is -2.19. The zero-order chi connectivity index (χ0) is 21.9. The number of hydrogen-bond donors (Lipinski definition) is 3. The van der Waals surface area contributed by atoms with E-state index in [0.717, 1.165) is 18.2 Å². The van der Waals surface area contributed by atoms with Crippen LogP contribution >= 0.6 is 7.60 Å². The SMILES string of the molecule is O=C(COc1ccccc1P(=O)(O)O)NCC(F)(F)c1cccc(C(F)(F)F)c1. The predicted molar refractivity (Wildman–Crippen MR) is 92.0 cm³/mol. The van der Waals surface area contributed by atoms with E-state index >= 15 is 0 Å². The van der Waals surface area contributed by atoms with Crippen LogP contribution in [-0.2, 0) is 21.5 Å². The summed E-state index contributed by atoms with van der Waals surface area (Å²) in [6.07, 6.45) is -4.80. The molecule has 0 fully saturated rings. The van der Waals surface area contributed by atoms with E-state index in [9.17, 15) is 41.1 Å². The Morgan fingerprint density at radius 3 is 2.24 bits per heavy atom. The van der Waals surface area contributed by atoms with Gasteiger partial charge in [-0.3, -0.25) is 9.36 Å². The summed E-state index contributed by atoms with van der Waals surface area (Å²) < 4.78 is 82.6. The van der Waals surface area contributed by atoms with Crippen molar-refractivity contribution in [3.05, 3.63) is 59.7 Å². The van der Waals surface area contributed by atoms with Gasteiger partial charge in [-0.25, -0.2) is 0 Å². The summed E-state index contributed by atoms with van der Waals surface area (Å²) in [6.45, 7) is -2.13. The molecule has 0 radical (unpaired) electrons. The van der Waals surface area contributed by atoms with Gasteiger partial charge in [0.05, 0.1) is 12.1 Å². The molecule has 0 unspecified atom stereocenters. The number of ether oxygens (including phenoxy) is 1. The van der Waals surface area contributed by atoms with Crippen molar-refractivity contribution in [1.29, 1.82) is 0 Å². The average molecular weight is 439 g/mol. The molecule has 12 heteroatoms. The summed E-state index contributed by atoms with van der Waals surface area (Å²) in [7, 11) is -4.68. The van der Waals surface area contributed by atoms with Crippen molar-refractivity contribution in [2.24, 2.45) is 0 Å². The van der Waals surface area contributed by atoms with Gasteiger partial charge >= 0.3 is 13.8 Å². The number of nitrogens with one attached hydrogen (secondary N) is 1. The summed E-state index contributed by atoms with van der Waals surface area (Å²) in [6, 6.07) is 7.54. The molecule has 0 aliphatic heterocycles. The molecule has 1 amide bonds. The Bertz CT molecular complexity index is 928. The van der Waals surface area contributed by atoms with Crippen molar-refractivity contribution >= 4 is 18.8 Å². The van der Waals surface area contributed by atoms with Gasteiger partial charge in [0.15, 0.2) is 6.61 Å². The number of hydrogen-bond acceptors (Lipinski definition) is 3. The Morgan fingerprint density at radius 1 is 1.00 bits per heavy atom. The smallest absolute Gasteiger partial charge is 0.416 e. The molecule has 6 nitrogen and oxygen atoms in total. The molecule has 0 aromatic heterocycles. The molecule has 0 atom stereocenters. The van der Waals surface area contributed by atoms with Gasteiger partial charge in [-0.15, -0.1) is 0 Å². The van der Waals surface area contributed by atoms with Gasteiger partial charge in [-0.1, -0.05) is 24.3 Å². The molecular weight excluding hydrogens is 424 g/mol. The molecular formula is C17H15F5NO5P. The van der Waals surface area contributed by atoms with Gasteiger partial charge in [0.25, 0.3) is 11.8 Å². The Labute approximate surface area is 161 Å².